The van der Waals surface area contributed by atoms with Crippen molar-refractivity contribution in [2.75, 3.05) is 6.61 Å². The van der Waals surface area contributed by atoms with Crippen molar-refractivity contribution in [3.63, 3.8) is 0 Å². The number of carbonyl (C=O) groups is 1. The molecule has 0 aliphatic rings. The Kier molecular flexibility index (Phi) is 4.07. The molecule has 0 spiro atoms. The largest absolute Gasteiger partial charge is 0.463 e. The van der Waals surface area contributed by atoms with E-state index >= 15 is 0 Å². The van der Waals surface area contributed by atoms with Crippen molar-refractivity contribution < 1.29 is 14.6 Å². The van der Waals surface area contributed by atoms with Crippen LogP contribution in [0.25, 0.3) is 10.9 Å². The van der Waals surface area contributed by atoms with Gasteiger partial charge in [-0.05, 0) is 30.7 Å². The van der Waals surface area contributed by atoms with Crippen LogP contribution < -0.4 is 0 Å². The predicted molar refractivity (Wildman–Crippen MR) is 89.1 cm³/mol. The predicted octanol–water partition coefficient (Wildman–Crippen LogP) is 2.84. The molecule has 1 heterocycles. The highest BCUT2D eigenvalue weighted by molar-refractivity contribution is 5.94. The van der Waals surface area contributed by atoms with Crippen LogP contribution in [-0.4, -0.2) is 22.7 Å². The lowest BCUT2D eigenvalue weighted by Gasteiger charge is -2.26. The number of nitriles is 1. The first-order valence-corrected chi connectivity index (χ1v) is 7.58. The lowest BCUT2D eigenvalue weighted by molar-refractivity contribution is -0.161. The number of aromatic amines is 1. The number of ether oxygens (including phenoxy) is 1. The number of hydrogen-bond donors (Lipinski definition) is 2. The Bertz CT molecular complexity index is 922. The molecule has 0 fully saturated rings. The number of rotatable bonds is 4. The standard InChI is InChI=1S/C19H16N2O3/c1-2-24-18(22)19(23,14-9-7-13(11-20)8-10-14)16-12-21-17-6-4-3-5-15(16)17/h3-10,12,21,23H,2H2,1H3/t19-/m0/s1. The van der Waals surface area contributed by atoms with Gasteiger partial charge in [0.15, 0.2) is 0 Å². The number of nitrogens with one attached hydrogen (secondary N) is 1. The molecule has 2 aromatic carbocycles. The smallest absolute Gasteiger partial charge is 0.347 e. The Hall–Kier alpha value is -3.10. The van der Waals surface area contributed by atoms with E-state index in [4.69, 9.17) is 10.00 Å². The minimum absolute atomic E-state index is 0.153. The zero-order chi connectivity index (χ0) is 17.2. The van der Waals surface area contributed by atoms with Crippen LogP contribution >= 0.6 is 0 Å². The summed E-state index contributed by atoms with van der Waals surface area (Å²) in [6.07, 6.45) is 1.61. The Labute approximate surface area is 139 Å². The molecule has 0 aliphatic heterocycles. The third kappa shape index (κ3) is 2.43. The highest BCUT2D eigenvalue weighted by Gasteiger charge is 2.43. The summed E-state index contributed by atoms with van der Waals surface area (Å²) in [5.74, 6) is -0.750. The van der Waals surface area contributed by atoms with Gasteiger partial charge in [0.05, 0.1) is 18.2 Å². The zero-order valence-corrected chi connectivity index (χ0v) is 13.1. The van der Waals surface area contributed by atoms with Crippen LogP contribution in [0.3, 0.4) is 0 Å². The first-order chi connectivity index (χ1) is 11.6. The molecule has 0 saturated carbocycles. The number of aromatic nitrogens is 1. The van der Waals surface area contributed by atoms with Crippen LogP contribution in [0, 0.1) is 11.3 Å². The van der Waals surface area contributed by atoms with Gasteiger partial charge in [0, 0.05) is 22.7 Å². The molecule has 0 aliphatic carbocycles. The first-order valence-electron chi connectivity index (χ1n) is 7.58. The van der Waals surface area contributed by atoms with Gasteiger partial charge in [-0.25, -0.2) is 4.79 Å². The van der Waals surface area contributed by atoms with Gasteiger partial charge in [-0.1, -0.05) is 30.3 Å². The van der Waals surface area contributed by atoms with E-state index in [9.17, 15) is 9.90 Å². The van der Waals surface area contributed by atoms with E-state index < -0.39 is 11.6 Å². The summed E-state index contributed by atoms with van der Waals surface area (Å²) in [5.41, 5.74) is 0.0718. The van der Waals surface area contributed by atoms with Crippen molar-refractivity contribution >= 4 is 16.9 Å². The molecule has 120 valence electrons. The average Bonchev–Trinajstić information content (AvgIpc) is 3.06. The maximum Gasteiger partial charge on any atom is 0.347 e. The van der Waals surface area contributed by atoms with Crippen molar-refractivity contribution in [1.82, 2.24) is 4.98 Å². The van der Waals surface area contributed by atoms with Crippen molar-refractivity contribution in [3.05, 3.63) is 71.4 Å². The van der Waals surface area contributed by atoms with Crippen molar-refractivity contribution in [3.8, 4) is 6.07 Å². The van der Waals surface area contributed by atoms with Crippen molar-refractivity contribution in [2.45, 2.75) is 12.5 Å². The number of esters is 1. The van der Waals surface area contributed by atoms with Gasteiger partial charge >= 0.3 is 5.97 Å². The molecule has 0 bridgehead atoms. The summed E-state index contributed by atoms with van der Waals surface area (Å²) in [4.78, 5) is 15.7. The summed E-state index contributed by atoms with van der Waals surface area (Å²) in [6.45, 7) is 1.84. The van der Waals surface area contributed by atoms with Crippen LogP contribution in [0.15, 0.2) is 54.7 Å². The molecule has 0 amide bonds. The highest BCUT2D eigenvalue weighted by atomic mass is 16.5. The molecular weight excluding hydrogens is 304 g/mol. The van der Waals surface area contributed by atoms with E-state index in [1.165, 1.54) is 0 Å². The first kappa shape index (κ1) is 15.8. The Morgan fingerprint density at radius 1 is 1.25 bits per heavy atom. The molecule has 24 heavy (non-hydrogen) atoms. The van der Waals surface area contributed by atoms with E-state index in [1.807, 2.05) is 30.3 Å². The molecular formula is C19H16N2O3. The molecule has 0 radical (unpaired) electrons. The number of fused-ring (bicyclic) bond motifs is 1. The van der Waals surface area contributed by atoms with Gasteiger partial charge in [0.2, 0.25) is 5.60 Å². The Morgan fingerprint density at radius 2 is 1.96 bits per heavy atom. The minimum atomic E-state index is -1.95. The third-order valence-electron chi connectivity index (χ3n) is 3.98. The van der Waals surface area contributed by atoms with Crippen LogP contribution in [0.2, 0.25) is 0 Å². The van der Waals surface area contributed by atoms with Gasteiger partial charge < -0.3 is 14.8 Å². The summed E-state index contributed by atoms with van der Waals surface area (Å²) in [6, 6.07) is 15.7. The lowest BCUT2D eigenvalue weighted by atomic mass is 9.85. The quantitative estimate of drug-likeness (QED) is 0.724. The molecule has 3 rings (SSSR count). The Morgan fingerprint density at radius 3 is 2.62 bits per heavy atom. The second-order valence-electron chi connectivity index (χ2n) is 5.37. The zero-order valence-electron chi connectivity index (χ0n) is 13.1. The SMILES string of the molecule is CCOC(=O)[C@](O)(c1ccc(C#N)cc1)c1c[nH]c2ccccc12. The number of H-pyrrole nitrogens is 1. The monoisotopic (exact) mass is 320 g/mol. The van der Waals surface area contributed by atoms with E-state index in [2.05, 4.69) is 4.98 Å². The number of hydrogen-bond acceptors (Lipinski definition) is 4. The number of nitrogens with zero attached hydrogens (tertiary/aromatic N) is 1. The lowest BCUT2D eigenvalue weighted by Crippen LogP contribution is -2.38. The van der Waals surface area contributed by atoms with Crippen molar-refractivity contribution in [2.24, 2.45) is 0 Å². The molecule has 0 saturated heterocycles. The molecule has 1 atom stereocenters. The normalized spacial score (nSPS) is 13.2. The fourth-order valence-corrected chi connectivity index (χ4v) is 2.78. The topological polar surface area (TPSA) is 86.1 Å². The molecule has 1 aromatic heterocycles. The molecule has 0 unspecified atom stereocenters. The number of aliphatic hydroxyl groups is 1. The fourth-order valence-electron chi connectivity index (χ4n) is 2.78. The van der Waals surface area contributed by atoms with Gasteiger partial charge in [0.1, 0.15) is 0 Å². The van der Waals surface area contributed by atoms with Crippen molar-refractivity contribution in [1.29, 1.82) is 5.26 Å². The van der Waals surface area contributed by atoms with Gasteiger partial charge in [0.25, 0.3) is 0 Å². The summed E-state index contributed by atoms with van der Waals surface area (Å²) in [5, 5.41) is 21.0. The van der Waals surface area contributed by atoms with Crippen LogP contribution in [0.5, 0.6) is 0 Å². The van der Waals surface area contributed by atoms with E-state index in [0.717, 1.165) is 10.9 Å². The van der Waals surface area contributed by atoms with Crippen LogP contribution in [0.4, 0.5) is 0 Å². The van der Waals surface area contributed by atoms with E-state index in [-0.39, 0.29) is 6.61 Å². The summed E-state index contributed by atoms with van der Waals surface area (Å²) < 4.78 is 5.12. The molecule has 3 aromatic rings. The second-order valence-corrected chi connectivity index (χ2v) is 5.37. The maximum absolute atomic E-state index is 12.6. The number of carbonyl (C=O) groups excluding carboxylic acids is 1. The highest BCUT2D eigenvalue weighted by Crippen LogP contribution is 2.36. The number of benzene rings is 2. The fraction of sp³-hybridized carbons (Fsp3) is 0.158. The van der Waals surface area contributed by atoms with Gasteiger partial charge in [-0.2, -0.15) is 5.26 Å². The summed E-state index contributed by atoms with van der Waals surface area (Å²) >= 11 is 0. The molecule has 2 N–H and O–H groups in total. The van der Waals surface area contributed by atoms with Crippen LogP contribution in [-0.2, 0) is 15.1 Å². The molecule has 5 nitrogen and oxygen atoms in total. The third-order valence-corrected chi connectivity index (χ3v) is 3.98. The molecule has 5 heteroatoms. The minimum Gasteiger partial charge on any atom is -0.463 e. The summed E-state index contributed by atoms with van der Waals surface area (Å²) in [7, 11) is 0. The average molecular weight is 320 g/mol. The second kappa shape index (κ2) is 6.19. The Balaban J connectivity index is 2.22. The van der Waals surface area contributed by atoms with E-state index in [1.54, 1.807) is 37.4 Å². The van der Waals surface area contributed by atoms with Crippen LogP contribution in [0.1, 0.15) is 23.6 Å². The maximum atomic E-state index is 12.6. The van der Waals surface area contributed by atoms with E-state index in [0.29, 0.717) is 16.7 Å². The number of para-hydroxylation sites is 1. The van der Waals surface area contributed by atoms with Gasteiger partial charge in [-0.3, -0.25) is 0 Å². The van der Waals surface area contributed by atoms with Gasteiger partial charge in [-0.15, -0.1) is 0 Å².